The molecule has 1 saturated heterocycles. The zero-order valence-electron chi connectivity index (χ0n) is 11.6. The van der Waals surface area contributed by atoms with Crippen LogP contribution in [0.15, 0.2) is 34.9 Å². The third-order valence-electron chi connectivity index (χ3n) is 3.29. The van der Waals surface area contributed by atoms with E-state index in [0.717, 1.165) is 37.3 Å². The van der Waals surface area contributed by atoms with Crippen molar-refractivity contribution in [2.45, 2.75) is 17.7 Å². The molecule has 0 aliphatic carbocycles. The molecule has 1 aromatic rings. The zero-order chi connectivity index (χ0) is 14.8. The molecule has 1 aliphatic heterocycles. The van der Waals surface area contributed by atoms with E-state index in [9.17, 15) is 12.8 Å². The predicted molar refractivity (Wildman–Crippen MR) is 76.0 cm³/mol. The molecular weight excluding hydrogens is 281 g/mol. The fourth-order valence-electron chi connectivity index (χ4n) is 2.34. The maximum Gasteiger partial charge on any atom is 0.175 e. The molecule has 0 saturated carbocycles. The summed E-state index contributed by atoms with van der Waals surface area (Å²) >= 11 is 0. The summed E-state index contributed by atoms with van der Waals surface area (Å²) in [4.78, 5) is 1.90. The molecule has 0 bridgehead atoms. The summed E-state index contributed by atoms with van der Waals surface area (Å²) in [5, 5.41) is 0. The van der Waals surface area contributed by atoms with E-state index in [-0.39, 0.29) is 4.90 Å². The minimum absolute atomic E-state index is 0.00316. The summed E-state index contributed by atoms with van der Waals surface area (Å²) in [7, 11) is -1.79. The highest BCUT2D eigenvalue weighted by Crippen LogP contribution is 2.27. The van der Waals surface area contributed by atoms with Gasteiger partial charge in [0.05, 0.1) is 24.0 Å². The van der Waals surface area contributed by atoms with Crippen molar-refractivity contribution in [1.82, 2.24) is 0 Å². The Labute approximate surface area is 118 Å². The number of sulfone groups is 1. The number of nitrogens with zero attached hydrogens (tertiary/aromatic N) is 1. The van der Waals surface area contributed by atoms with Crippen LogP contribution in [-0.2, 0) is 14.6 Å². The maximum absolute atomic E-state index is 14.1. The predicted octanol–water partition coefficient (Wildman–Crippen LogP) is 2.36. The van der Waals surface area contributed by atoms with Gasteiger partial charge in [0.2, 0.25) is 0 Å². The normalized spacial score (nSPS) is 18.4. The van der Waals surface area contributed by atoms with Gasteiger partial charge in [0, 0.05) is 19.3 Å². The molecule has 4 nitrogen and oxygen atoms in total. The zero-order valence-corrected chi connectivity index (χ0v) is 12.4. The molecule has 1 aromatic carbocycles. The number of benzene rings is 1. The molecule has 0 radical (unpaired) electrons. The second-order valence-corrected chi connectivity index (χ2v) is 6.94. The number of piperidine rings is 1. The lowest BCUT2D eigenvalue weighted by Crippen LogP contribution is -2.31. The van der Waals surface area contributed by atoms with Crippen LogP contribution in [0.4, 0.5) is 10.1 Å². The van der Waals surface area contributed by atoms with Gasteiger partial charge in [-0.3, -0.25) is 0 Å². The fourth-order valence-corrected chi connectivity index (χ4v) is 2.98. The Balaban J connectivity index is 2.27. The van der Waals surface area contributed by atoms with E-state index in [1.807, 2.05) is 4.90 Å². The van der Waals surface area contributed by atoms with Crippen molar-refractivity contribution in [2.24, 2.45) is 0 Å². The molecular formula is C14H18FNO3S. The van der Waals surface area contributed by atoms with Gasteiger partial charge in [-0.15, -0.1) is 0 Å². The summed E-state index contributed by atoms with van der Waals surface area (Å²) in [5.74, 6) is -0.508. The Morgan fingerprint density at radius 2 is 2.15 bits per heavy atom. The van der Waals surface area contributed by atoms with E-state index in [1.54, 1.807) is 13.4 Å². The van der Waals surface area contributed by atoms with Gasteiger partial charge in [-0.2, -0.15) is 0 Å². The smallest absolute Gasteiger partial charge is 0.175 e. The van der Waals surface area contributed by atoms with E-state index in [4.69, 9.17) is 4.74 Å². The van der Waals surface area contributed by atoms with Gasteiger partial charge in [-0.05, 0) is 36.6 Å². The SMILES string of the molecule is CO/C=C1\CCCN(c2ccc(S(C)(=O)=O)cc2F)C1. The average Bonchev–Trinajstić information content (AvgIpc) is 2.38. The van der Waals surface area contributed by atoms with E-state index in [0.29, 0.717) is 12.2 Å². The molecule has 6 heteroatoms. The third-order valence-corrected chi connectivity index (χ3v) is 4.40. The molecule has 110 valence electrons. The summed E-state index contributed by atoms with van der Waals surface area (Å²) in [6, 6.07) is 4.06. The topological polar surface area (TPSA) is 46.6 Å². The molecule has 0 spiro atoms. The van der Waals surface area contributed by atoms with Crippen molar-refractivity contribution < 1.29 is 17.5 Å². The summed E-state index contributed by atoms with van der Waals surface area (Å²) in [6.07, 6.45) is 4.62. The molecule has 1 fully saturated rings. The Morgan fingerprint density at radius 1 is 1.40 bits per heavy atom. The molecule has 0 amide bonds. The summed E-state index contributed by atoms with van der Waals surface area (Å²) in [5.41, 5.74) is 1.53. The number of rotatable bonds is 3. The lowest BCUT2D eigenvalue weighted by molar-refractivity contribution is 0.330. The van der Waals surface area contributed by atoms with E-state index < -0.39 is 15.7 Å². The molecule has 0 aromatic heterocycles. The third kappa shape index (κ3) is 3.30. The van der Waals surface area contributed by atoms with Gasteiger partial charge < -0.3 is 9.64 Å². The van der Waals surface area contributed by atoms with Crippen molar-refractivity contribution in [3.8, 4) is 0 Å². The minimum Gasteiger partial charge on any atom is -0.504 e. The first-order chi connectivity index (χ1) is 9.41. The first-order valence-electron chi connectivity index (χ1n) is 6.37. The molecule has 0 unspecified atom stereocenters. The number of ether oxygens (including phenoxy) is 1. The van der Waals surface area contributed by atoms with Crippen molar-refractivity contribution in [2.75, 3.05) is 31.4 Å². The Hall–Kier alpha value is -1.56. The number of hydrogen-bond acceptors (Lipinski definition) is 4. The standard InChI is InChI=1S/C14H18FNO3S/c1-19-10-11-4-3-7-16(9-11)14-6-5-12(8-13(14)15)20(2,17)18/h5-6,8,10H,3-4,7,9H2,1-2H3/b11-10+. The van der Waals surface area contributed by atoms with Crippen LogP contribution in [0, 0.1) is 5.82 Å². The van der Waals surface area contributed by atoms with Crippen LogP contribution in [0.5, 0.6) is 0 Å². The molecule has 0 N–H and O–H groups in total. The van der Waals surface area contributed by atoms with Crippen molar-refractivity contribution in [1.29, 1.82) is 0 Å². The quantitative estimate of drug-likeness (QED) is 0.804. The lowest BCUT2D eigenvalue weighted by atomic mass is 10.1. The van der Waals surface area contributed by atoms with Gasteiger partial charge in [0.15, 0.2) is 9.84 Å². The van der Waals surface area contributed by atoms with E-state index in [2.05, 4.69) is 0 Å². The summed E-state index contributed by atoms with van der Waals surface area (Å²) < 4.78 is 41.9. The Bertz CT molecular complexity index is 625. The van der Waals surface area contributed by atoms with Crippen molar-refractivity contribution in [3.63, 3.8) is 0 Å². The van der Waals surface area contributed by atoms with Crippen LogP contribution >= 0.6 is 0 Å². The van der Waals surface area contributed by atoms with Crippen LogP contribution < -0.4 is 4.90 Å². The van der Waals surface area contributed by atoms with Gasteiger partial charge in [0.1, 0.15) is 5.82 Å². The van der Waals surface area contributed by atoms with Crippen LogP contribution in [0.1, 0.15) is 12.8 Å². The largest absolute Gasteiger partial charge is 0.504 e. The van der Waals surface area contributed by atoms with Gasteiger partial charge in [-0.25, -0.2) is 12.8 Å². The number of hydrogen-bond donors (Lipinski definition) is 0. The highest BCUT2D eigenvalue weighted by molar-refractivity contribution is 7.90. The van der Waals surface area contributed by atoms with Crippen LogP contribution in [0.3, 0.4) is 0 Å². The van der Waals surface area contributed by atoms with Gasteiger partial charge >= 0.3 is 0 Å². The molecule has 1 heterocycles. The van der Waals surface area contributed by atoms with E-state index >= 15 is 0 Å². The van der Waals surface area contributed by atoms with Crippen molar-refractivity contribution in [3.05, 3.63) is 35.9 Å². The number of anilines is 1. The second-order valence-electron chi connectivity index (χ2n) is 4.92. The maximum atomic E-state index is 14.1. The highest BCUT2D eigenvalue weighted by atomic mass is 32.2. The molecule has 2 rings (SSSR count). The van der Waals surface area contributed by atoms with E-state index in [1.165, 1.54) is 12.1 Å². The minimum atomic E-state index is -3.38. The fraction of sp³-hybridized carbons (Fsp3) is 0.429. The molecule has 1 aliphatic rings. The van der Waals surface area contributed by atoms with Crippen molar-refractivity contribution >= 4 is 15.5 Å². The number of halogens is 1. The average molecular weight is 299 g/mol. The molecule has 0 atom stereocenters. The van der Waals surface area contributed by atoms with Gasteiger partial charge in [-0.1, -0.05) is 0 Å². The summed E-state index contributed by atoms with van der Waals surface area (Å²) in [6.45, 7) is 1.35. The first kappa shape index (κ1) is 14.8. The lowest BCUT2D eigenvalue weighted by Gasteiger charge is -2.30. The monoisotopic (exact) mass is 299 g/mol. The van der Waals surface area contributed by atoms with Gasteiger partial charge in [0.25, 0.3) is 0 Å². The molecule has 20 heavy (non-hydrogen) atoms. The first-order valence-corrected chi connectivity index (χ1v) is 8.26. The Kier molecular flexibility index (Phi) is 4.32. The highest BCUT2D eigenvalue weighted by Gasteiger charge is 2.19. The van der Waals surface area contributed by atoms with Crippen LogP contribution in [0.25, 0.3) is 0 Å². The van der Waals surface area contributed by atoms with Crippen LogP contribution in [0.2, 0.25) is 0 Å². The second kappa shape index (κ2) is 5.83. The number of methoxy groups -OCH3 is 1. The Morgan fingerprint density at radius 3 is 2.75 bits per heavy atom. The van der Waals surface area contributed by atoms with Crippen LogP contribution in [-0.4, -0.2) is 34.9 Å².